The number of methoxy groups -OCH3 is 1. The van der Waals surface area contributed by atoms with Gasteiger partial charge in [0.25, 0.3) is 5.91 Å². The number of carbonyl (C=O) groups excluding carboxylic acids is 1. The van der Waals surface area contributed by atoms with Gasteiger partial charge in [0.2, 0.25) is 0 Å². The summed E-state index contributed by atoms with van der Waals surface area (Å²) < 4.78 is 11.2. The number of ether oxygens (including phenoxy) is 2. The van der Waals surface area contributed by atoms with E-state index in [9.17, 15) is 25.2 Å². The molecule has 10 heteroatoms. The Kier molecular flexibility index (Phi) is 8.32. The van der Waals surface area contributed by atoms with Crippen molar-refractivity contribution in [3.8, 4) is 23.6 Å². The van der Waals surface area contributed by atoms with E-state index in [1.165, 1.54) is 42.7 Å². The molecule has 1 amide bonds. The van der Waals surface area contributed by atoms with Crippen molar-refractivity contribution in [2.45, 2.75) is 32.3 Å². The average molecular weight is 548 g/mol. The summed E-state index contributed by atoms with van der Waals surface area (Å²) >= 11 is 7.83. The predicted molar refractivity (Wildman–Crippen MR) is 144 cm³/mol. The van der Waals surface area contributed by atoms with Crippen LogP contribution in [-0.2, 0) is 24.2 Å². The van der Waals surface area contributed by atoms with Gasteiger partial charge in [0, 0.05) is 4.88 Å². The number of rotatable bonds is 8. The van der Waals surface area contributed by atoms with E-state index in [-0.39, 0.29) is 34.3 Å². The number of halogens is 1. The van der Waals surface area contributed by atoms with Gasteiger partial charge in [-0.1, -0.05) is 23.7 Å². The van der Waals surface area contributed by atoms with Crippen LogP contribution in [0.25, 0.3) is 6.08 Å². The maximum absolute atomic E-state index is 12.9. The van der Waals surface area contributed by atoms with E-state index >= 15 is 0 Å². The lowest BCUT2D eigenvalue weighted by atomic mass is 9.96. The van der Waals surface area contributed by atoms with Crippen molar-refractivity contribution in [3.63, 3.8) is 0 Å². The van der Waals surface area contributed by atoms with Gasteiger partial charge in [-0.05, 0) is 72.7 Å². The van der Waals surface area contributed by atoms with Gasteiger partial charge in [0.15, 0.2) is 11.5 Å². The summed E-state index contributed by atoms with van der Waals surface area (Å²) in [4.78, 5) is 25.2. The normalized spacial score (nSPS) is 12.6. The third-order valence-corrected chi connectivity index (χ3v) is 7.48. The fourth-order valence-corrected chi connectivity index (χ4v) is 5.68. The second-order valence-electron chi connectivity index (χ2n) is 8.48. The highest BCUT2D eigenvalue weighted by molar-refractivity contribution is 7.16. The molecule has 2 aromatic carbocycles. The monoisotopic (exact) mass is 547 g/mol. The second-order valence-corrected chi connectivity index (χ2v) is 9.99. The van der Waals surface area contributed by atoms with Crippen molar-refractivity contribution in [3.05, 3.63) is 79.7 Å². The summed E-state index contributed by atoms with van der Waals surface area (Å²) in [5.41, 5.74) is 2.49. The quantitative estimate of drug-likeness (QED) is 0.261. The smallest absolute Gasteiger partial charge is 0.335 e. The lowest BCUT2D eigenvalue weighted by Crippen LogP contribution is -2.13. The third kappa shape index (κ3) is 5.81. The van der Waals surface area contributed by atoms with Gasteiger partial charge in [-0.3, -0.25) is 4.79 Å². The van der Waals surface area contributed by atoms with E-state index in [0.29, 0.717) is 21.7 Å². The Morgan fingerprint density at radius 3 is 2.71 bits per heavy atom. The fraction of sp³-hybridized carbons (Fsp3) is 0.214. The number of carboxylic acid groups (broad SMARTS) is 1. The molecule has 1 aliphatic carbocycles. The minimum atomic E-state index is -1.04. The molecule has 2 N–H and O–H groups in total. The van der Waals surface area contributed by atoms with Crippen molar-refractivity contribution in [1.82, 2.24) is 0 Å². The number of aromatic carboxylic acids is 1. The molecule has 3 aromatic rings. The van der Waals surface area contributed by atoms with Crippen LogP contribution in [-0.4, -0.2) is 24.1 Å². The molecular formula is C28H22ClN3O5S. The van der Waals surface area contributed by atoms with Gasteiger partial charge in [0.1, 0.15) is 29.3 Å². The molecule has 0 spiro atoms. The number of thiophene rings is 1. The first-order valence-corrected chi connectivity index (χ1v) is 12.8. The van der Waals surface area contributed by atoms with E-state index in [1.807, 2.05) is 6.07 Å². The number of amides is 1. The first-order valence-electron chi connectivity index (χ1n) is 11.6. The number of benzene rings is 2. The van der Waals surface area contributed by atoms with Crippen LogP contribution < -0.4 is 14.8 Å². The average Bonchev–Trinajstić information content (AvgIpc) is 3.27. The van der Waals surface area contributed by atoms with E-state index in [2.05, 4.69) is 11.4 Å². The Morgan fingerprint density at radius 2 is 2.00 bits per heavy atom. The Balaban J connectivity index is 1.55. The number of fused-ring (bicyclic) bond motifs is 1. The molecule has 0 saturated heterocycles. The number of carboxylic acids is 1. The summed E-state index contributed by atoms with van der Waals surface area (Å²) in [7, 11) is 1.43. The standard InChI is InChI=1S/C28H22ClN3O5S/c1-36-23-12-17(11-22(29)25(23)37-15-16-5-4-6-18(9-16)28(34)35)10-19(13-30)26(33)32-27-21(14-31)20-7-2-3-8-24(20)38-27/h4-6,9-12H,2-3,7-8,15H2,1H3,(H,32,33)(H,34,35). The molecule has 38 heavy (non-hydrogen) atoms. The van der Waals surface area contributed by atoms with Gasteiger partial charge in [0.05, 0.1) is 23.3 Å². The number of carbonyl (C=O) groups is 2. The van der Waals surface area contributed by atoms with Crippen molar-refractivity contribution < 1.29 is 24.2 Å². The molecule has 192 valence electrons. The predicted octanol–water partition coefficient (Wildman–Crippen LogP) is 5.98. The second kappa shape index (κ2) is 11.8. The number of nitrogens with zero attached hydrogens (tertiary/aromatic N) is 2. The molecule has 0 bridgehead atoms. The fourth-order valence-electron chi connectivity index (χ4n) is 4.17. The van der Waals surface area contributed by atoms with Crippen molar-refractivity contribution >= 4 is 45.9 Å². The van der Waals surface area contributed by atoms with Crippen LogP contribution in [0.15, 0.2) is 42.0 Å². The molecule has 8 nitrogen and oxygen atoms in total. The van der Waals surface area contributed by atoms with Gasteiger partial charge in [-0.25, -0.2) is 4.79 Å². The van der Waals surface area contributed by atoms with Crippen LogP contribution in [0, 0.1) is 22.7 Å². The van der Waals surface area contributed by atoms with E-state index < -0.39 is 11.9 Å². The molecule has 0 radical (unpaired) electrons. The van der Waals surface area contributed by atoms with Crippen molar-refractivity contribution in [2.24, 2.45) is 0 Å². The Bertz CT molecular complexity index is 1530. The van der Waals surface area contributed by atoms with E-state index in [4.69, 9.17) is 21.1 Å². The summed E-state index contributed by atoms with van der Waals surface area (Å²) in [6.45, 7) is 0.0459. The van der Waals surface area contributed by atoms with E-state index in [0.717, 1.165) is 36.1 Å². The number of anilines is 1. The zero-order valence-electron chi connectivity index (χ0n) is 20.3. The maximum atomic E-state index is 12.9. The Morgan fingerprint density at radius 1 is 1.21 bits per heavy atom. The van der Waals surface area contributed by atoms with Gasteiger partial charge in [-0.15, -0.1) is 11.3 Å². The molecule has 1 aromatic heterocycles. The zero-order valence-corrected chi connectivity index (χ0v) is 21.9. The van der Waals surface area contributed by atoms with Crippen LogP contribution in [0.4, 0.5) is 5.00 Å². The number of aryl methyl sites for hydroxylation is 1. The summed E-state index contributed by atoms with van der Waals surface area (Å²) in [6.07, 6.45) is 5.12. The van der Waals surface area contributed by atoms with E-state index in [1.54, 1.807) is 18.2 Å². The number of nitrogens with one attached hydrogen (secondary N) is 1. The summed E-state index contributed by atoms with van der Waals surface area (Å²) in [5, 5.41) is 31.9. The summed E-state index contributed by atoms with van der Waals surface area (Å²) in [6, 6.07) is 13.5. The molecular weight excluding hydrogens is 526 g/mol. The SMILES string of the molecule is COc1cc(C=C(C#N)C(=O)Nc2sc3c(c2C#N)CCCC3)cc(Cl)c1OCc1cccc(C(=O)O)c1. The zero-order chi connectivity index (χ0) is 27.2. The molecule has 0 fully saturated rings. The highest BCUT2D eigenvalue weighted by Gasteiger charge is 2.23. The first-order chi connectivity index (χ1) is 18.3. The number of hydrogen-bond donors (Lipinski definition) is 2. The van der Waals surface area contributed by atoms with Gasteiger partial charge < -0.3 is 19.9 Å². The molecule has 1 heterocycles. The van der Waals surface area contributed by atoms with Crippen LogP contribution in [0.1, 0.15) is 50.3 Å². The summed E-state index contributed by atoms with van der Waals surface area (Å²) in [5.74, 6) is -1.17. The lowest BCUT2D eigenvalue weighted by molar-refractivity contribution is -0.112. The van der Waals surface area contributed by atoms with Crippen LogP contribution in [0.5, 0.6) is 11.5 Å². The van der Waals surface area contributed by atoms with Crippen LogP contribution in [0.3, 0.4) is 0 Å². The molecule has 0 unspecified atom stereocenters. The first kappa shape index (κ1) is 26.7. The minimum absolute atomic E-state index is 0.0459. The van der Waals surface area contributed by atoms with Crippen LogP contribution >= 0.6 is 22.9 Å². The van der Waals surface area contributed by atoms with Crippen molar-refractivity contribution in [1.29, 1.82) is 10.5 Å². The molecule has 0 saturated carbocycles. The highest BCUT2D eigenvalue weighted by atomic mass is 35.5. The third-order valence-electron chi connectivity index (χ3n) is 6.00. The minimum Gasteiger partial charge on any atom is -0.493 e. The van der Waals surface area contributed by atoms with Crippen molar-refractivity contribution in [2.75, 3.05) is 12.4 Å². The topological polar surface area (TPSA) is 132 Å². The lowest BCUT2D eigenvalue weighted by Gasteiger charge is -2.14. The number of nitriles is 2. The van der Waals surface area contributed by atoms with Gasteiger partial charge in [-0.2, -0.15) is 10.5 Å². The molecule has 1 aliphatic rings. The Hall–Kier alpha value is -4.31. The Labute approximate surface area is 228 Å². The van der Waals surface area contributed by atoms with Crippen LogP contribution in [0.2, 0.25) is 5.02 Å². The maximum Gasteiger partial charge on any atom is 0.335 e. The largest absolute Gasteiger partial charge is 0.493 e. The number of hydrogen-bond acceptors (Lipinski definition) is 7. The molecule has 0 aliphatic heterocycles. The molecule has 0 atom stereocenters. The van der Waals surface area contributed by atoms with Gasteiger partial charge >= 0.3 is 5.97 Å². The highest BCUT2D eigenvalue weighted by Crippen LogP contribution is 2.39. The molecule has 4 rings (SSSR count).